The molecule has 0 radical (unpaired) electrons. The first-order chi connectivity index (χ1) is 30.8. The van der Waals surface area contributed by atoms with Crippen LogP contribution in [0.1, 0.15) is 111 Å². The third kappa shape index (κ3) is 8.66. The van der Waals surface area contributed by atoms with E-state index in [-0.39, 0.29) is 28.5 Å². The van der Waals surface area contributed by atoms with Crippen LogP contribution in [0.25, 0.3) is 11.0 Å². The molecule has 1 amide bonds. The van der Waals surface area contributed by atoms with Gasteiger partial charge in [-0.2, -0.15) is 0 Å². The van der Waals surface area contributed by atoms with Crippen LogP contribution in [0.4, 0.5) is 17.2 Å². The number of aromatic nitrogens is 3. The highest BCUT2D eigenvalue weighted by atomic mass is 32.2. The number of nitrogens with one attached hydrogen (secondary N) is 3. The number of ether oxygens (including phenoxy) is 1. The number of nitro groups is 1. The molecule has 5 fully saturated rings. The topological polar surface area (TPSA) is 196 Å². The molecule has 2 aliphatic heterocycles. The second-order valence-electron chi connectivity index (χ2n) is 19.3. The summed E-state index contributed by atoms with van der Waals surface area (Å²) < 4.78 is 35.8. The smallest absolute Gasteiger partial charge is 0.312 e. The van der Waals surface area contributed by atoms with Crippen molar-refractivity contribution in [3.05, 3.63) is 106 Å². The minimum absolute atomic E-state index is 0.0359. The van der Waals surface area contributed by atoms with Crippen LogP contribution in [0.5, 0.6) is 11.5 Å². The van der Waals surface area contributed by atoms with Gasteiger partial charge in [0, 0.05) is 68.2 Å². The lowest BCUT2D eigenvalue weighted by Gasteiger charge is -2.57. The molecule has 15 nitrogen and oxygen atoms in total. The lowest BCUT2D eigenvalue weighted by molar-refractivity contribution is -0.384. The average Bonchev–Trinajstić information content (AvgIpc) is 3.82. The first-order valence-corrected chi connectivity index (χ1v) is 24.3. The quantitative estimate of drug-likeness (QED) is 0.0654. The maximum Gasteiger partial charge on any atom is 0.312 e. The zero-order chi connectivity index (χ0) is 44.2. The first kappa shape index (κ1) is 42.4. The lowest BCUT2D eigenvalue weighted by Crippen LogP contribution is -2.63. The molecule has 3 aliphatic carbocycles. The van der Waals surface area contributed by atoms with Gasteiger partial charge < -0.3 is 25.0 Å². The standard InChI is InChI=1S/C48H56N8O7S/c1-47(58)16-13-31(14-17-47)26-50-45-42(56(59)60)25-36(28-52-45)64(61,62)53-46(57)40-12-11-34(24-43(40)63-35-23-33-15-20-49-44(33)51-27-35)54-21-18-48(19-22-54)29-55(30-48)41-8-4-7-39(41)38-6-3-2-5-37(38)32-9-10-32/h2-3,5-6,11-12,15,20,23-25,27-28,31-32,39,41,58H,4,7-10,13-14,16-19,21-22,26,29-30H2,1H3,(H,49,51)(H,50,52)(H,53,57)/t31?,39-,41-,47?/m1/s1. The number of amides is 1. The molecule has 0 unspecified atom stereocenters. The van der Waals surface area contributed by atoms with Gasteiger partial charge in [-0.1, -0.05) is 30.7 Å². The van der Waals surface area contributed by atoms with Crippen LogP contribution in [0.3, 0.4) is 0 Å². The van der Waals surface area contributed by atoms with E-state index in [9.17, 15) is 28.4 Å². The molecule has 5 aliphatic rings. The summed E-state index contributed by atoms with van der Waals surface area (Å²) in [6.45, 7) is 6.09. The maximum absolute atomic E-state index is 14.0. The summed E-state index contributed by atoms with van der Waals surface area (Å²) in [7, 11) is -4.62. The van der Waals surface area contributed by atoms with E-state index in [2.05, 4.69) is 59.1 Å². The lowest BCUT2D eigenvalue weighted by atomic mass is 9.70. The van der Waals surface area contributed by atoms with Crippen molar-refractivity contribution in [3.63, 3.8) is 0 Å². The van der Waals surface area contributed by atoms with Crippen molar-refractivity contribution in [2.24, 2.45) is 11.3 Å². The summed E-state index contributed by atoms with van der Waals surface area (Å²) in [5, 5.41) is 26.2. The molecular weight excluding hydrogens is 833 g/mol. The first-order valence-electron chi connectivity index (χ1n) is 22.8. The van der Waals surface area contributed by atoms with E-state index in [1.807, 2.05) is 12.1 Å². The van der Waals surface area contributed by atoms with E-state index >= 15 is 0 Å². The largest absolute Gasteiger partial charge is 0.455 e. The monoisotopic (exact) mass is 888 g/mol. The number of aromatic amines is 1. The van der Waals surface area contributed by atoms with Crippen molar-refractivity contribution in [1.29, 1.82) is 0 Å². The number of piperidine rings is 1. The van der Waals surface area contributed by atoms with Crippen molar-refractivity contribution in [2.75, 3.05) is 42.9 Å². The predicted octanol–water partition coefficient (Wildman–Crippen LogP) is 8.25. The molecule has 1 spiro atoms. The molecule has 10 rings (SSSR count). The Morgan fingerprint density at radius 3 is 2.47 bits per heavy atom. The van der Waals surface area contributed by atoms with E-state index in [0.717, 1.165) is 81.1 Å². The number of pyridine rings is 2. The maximum atomic E-state index is 14.0. The number of hydrogen-bond donors (Lipinski definition) is 4. The van der Waals surface area contributed by atoms with Gasteiger partial charge in [0.2, 0.25) is 5.82 Å². The SMILES string of the molecule is CC1(O)CCC(CNc2ncc(S(=O)(=O)NC(=O)c3ccc(N4CCC5(CC4)CN([C@@H]4CCC[C@@H]4c4ccccc4C4CC4)C5)cc3Oc3cnc4[nH]ccc4c3)cc2[N+](=O)[O-])CC1. The summed E-state index contributed by atoms with van der Waals surface area (Å²) in [5.41, 5.74) is 3.68. The van der Waals surface area contributed by atoms with Gasteiger partial charge in [-0.15, -0.1) is 0 Å². The van der Waals surface area contributed by atoms with E-state index in [1.165, 1.54) is 38.3 Å². The Balaban J connectivity index is 0.833. The average molecular weight is 889 g/mol. The van der Waals surface area contributed by atoms with E-state index in [0.29, 0.717) is 42.7 Å². The van der Waals surface area contributed by atoms with Gasteiger partial charge in [0.25, 0.3) is 15.9 Å². The molecule has 3 saturated carbocycles. The zero-order valence-corrected chi connectivity index (χ0v) is 37.0. The van der Waals surface area contributed by atoms with Crippen LogP contribution in [0.15, 0.2) is 84.1 Å². The van der Waals surface area contributed by atoms with Crippen LogP contribution in [-0.2, 0) is 10.0 Å². The zero-order valence-electron chi connectivity index (χ0n) is 36.2. The number of anilines is 2. The molecule has 2 saturated heterocycles. The van der Waals surface area contributed by atoms with Crippen molar-refractivity contribution >= 4 is 44.2 Å². The summed E-state index contributed by atoms with van der Waals surface area (Å²) in [4.78, 5) is 41.5. The minimum atomic E-state index is -4.62. The fourth-order valence-electron chi connectivity index (χ4n) is 10.9. The summed E-state index contributed by atoms with van der Waals surface area (Å²) >= 11 is 0. The van der Waals surface area contributed by atoms with E-state index in [4.69, 9.17) is 4.74 Å². The van der Waals surface area contributed by atoms with Gasteiger partial charge in [0.15, 0.2) is 0 Å². The molecular formula is C48H56N8O7S. The van der Waals surface area contributed by atoms with Crippen LogP contribution >= 0.6 is 0 Å². The Hall–Kier alpha value is -5.58. The van der Waals surface area contributed by atoms with Gasteiger partial charge in [-0.05, 0) is 130 Å². The van der Waals surface area contributed by atoms with Crippen molar-refractivity contribution in [3.8, 4) is 11.5 Å². The number of rotatable bonds is 13. The molecule has 16 heteroatoms. The fourth-order valence-corrected chi connectivity index (χ4v) is 11.8. The van der Waals surface area contributed by atoms with Gasteiger partial charge in [-0.25, -0.2) is 23.1 Å². The third-order valence-corrected chi connectivity index (χ3v) is 16.1. The number of sulfonamides is 1. The molecule has 2 atom stereocenters. The normalized spacial score (nSPS) is 24.7. The third-order valence-electron chi connectivity index (χ3n) is 14.8. The number of nitrogens with zero attached hydrogens (tertiary/aromatic N) is 5. The van der Waals surface area contributed by atoms with E-state index in [1.54, 1.807) is 42.4 Å². The van der Waals surface area contributed by atoms with Crippen molar-refractivity contribution in [2.45, 2.75) is 106 Å². The Bertz CT molecular complexity index is 2670. The number of H-pyrrole nitrogens is 1. The number of carbonyl (C=O) groups is 1. The van der Waals surface area contributed by atoms with E-state index < -0.39 is 37.0 Å². The Morgan fingerprint density at radius 1 is 0.953 bits per heavy atom. The molecule has 5 heterocycles. The number of carbonyl (C=O) groups excluding carboxylic acids is 1. The van der Waals surface area contributed by atoms with Crippen LogP contribution in [-0.4, -0.2) is 88.6 Å². The molecule has 4 N–H and O–H groups in total. The minimum Gasteiger partial charge on any atom is -0.455 e. The molecule has 2 aromatic carbocycles. The Labute approximate surface area is 373 Å². The molecule has 64 heavy (non-hydrogen) atoms. The highest BCUT2D eigenvalue weighted by molar-refractivity contribution is 7.90. The summed E-state index contributed by atoms with van der Waals surface area (Å²) in [6, 6.07) is 19.5. The summed E-state index contributed by atoms with van der Waals surface area (Å²) in [5.74, 6) is 0.999. The van der Waals surface area contributed by atoms with Gasteiger partial charge in [0.05, 0.1) is 28.5 Å². The molecule has 336 valence electrons. The van der Waals surface area contributed by atoms with Gasteiger partial charge >= 0.3 is 5.69 Å². The highest BCUT2D eigenvalue weighted by Gasteiger charge is 2.50. The van der Waals surface area contributed by atoms with Crippen molar-refractivity contribution < 1.29 is 28.0 Å². The summed E-state index contributed by atoms with van der Waals surface area (Å²) in [6.07, 6.45) is 15.6. The number of likely N-dealkylation sites (tertiary alicyclic amines) is 1. The predicted molar refractivity (Wildman–Crippen MR) is 243 cm³/mol. The highest BCUT2D eigenvalue weighted by Crippen LogP contribution is 2.51. The van der Waals surface area contributed by atoms with Gasteiger partial charge in [0.1, 0.15) is 22.0 Å². The number of aliphatic hydroxyl groups is 1. The van der Waals surface area contributed by atoms with Crippen LogP contribution < -0.4 is 19.7 Å². The molecule has 5 aromatic rings. The molecule has 0 bridgehead atoms. The van der Waals surface area contributed by atoms with Gasteiger partial charge in [-0.3, -0.25) is 19.8 Å². The molecule has 3 aromatic heterocycles. The second-order valence-corrected chi connectivity index (χ2v) is 21.0. The van der Waals surface area contributed by atoms with Crippen molar-refractivity contribution in [1.82, 2.24) is 24.6 Å². The number of hydrogen-bond acceptors (Lipinski definition) is 12. The number of benzene rings is 2. The fraction of sp³-hybridized carbons (Fsp3) is 0.479. The van der Waals surface area contributed by atoms with Crippen LogP contribution in [0, 0.1) is 21.4 Å². The second kappa shape index (κ2) is 16.8. The Kier molecular flexibility index (Phi) is 11.1. The van der Waals surface area contributed by atoms with Crippen LogP contribution in [0.2, 0.25) is 0 Å². The number of fused-ring (bicyclic) bond motifs is 1. The Morgan fingerprint density at radius 2 is 1.72 bits per heavy atom.